The summed E-state index contributed by atoms with van der Waals surface area (Å²) in [7, 11) is 0. The molecule has 0 saturated carbocycles. The van der Waals surface area contributed by atoms with Crippen LogP contribution in [0.15, 0.2) is 53.1 Å². The van der Waals surface area contributed by atoms with E-state index in [1.54, 1.807) is 6.92 Å². The molecule has 1 aliphatic rings. The number of hydrogen-bond donors (Lipinski definition) is 1. The zero-order chi connectivity index (χ0) is 22.7. The highest BCUT2D eigenvalue weighted by atomic mass is 16.5. The second-order valence-corrected chi connectivity index (χ2v) is 7.83. The van der Waals surface area contributed by atoms with Gasteiger partial charge in [0.2, 0.25) is 11.7 Å². The first-order valence-corrected chi connectivity index (χ1v) is 10.7. The molecule has 8 nitrogen and oxygen atoms in total. The number of carbonyl (C=O) groups excluding carboxylic acids is 2. The fourth-order valence-corrected chi connectivity index (χ4v) is 3.83. The molecule has 1 saturated heterocycles. The van der Waals surface area contributed by atoms with Crippen LogP contribution in [0, 0.1) is 0 Å². The monoisotopic (exact) mass is 434 g/mol. The minimum Gasteiger partial charge on any atom is -0.493 e. The third-order valence-corrected chi connectivity index (χ3v) is 5.53. The fraction of sp³-hybridized carbons (Fsp3) is 0.333. The number of nitrogens with zero attached hydrogens (tertiary/aromatic N) is 3. The molecule has 166 valence electrons. The summed E-state index contributed by atoms with van der Waals surface area (Å²) in [6.07, 6.45) is 2.01. The number of urea groups is 1. The molecule has 8 heteroatoms. The zero-order valence-corrected chi connectivity index (χ0v) is 18.4. The maximum atomic E-state index is 13.2. The van der Waals surface area contributed by atoms with Crippen LogP contribution in [-0.2, 0) is 23.3 Å². The van der Waals surface area contributed by atoms with Gasteiger partial charge >= 0.3 is 6.03 Å². The quantitative estimate of drug-likeness (QED) is 0.537. The first kappa shape index (κ1) is 21.5. The summed E-state index contributed by atoms with van der Waals surface area (Å²) in [6.45, 7) is 6.11. The second kappa shape index (κ2) is 8.82. The zero-order valence-electron chi connectivity index (χ0n) is 18.4. The van der Waals surface area contributed by atoms with Gasteiger partial charge in [0.05, 0.1) is 12.2 Å². The van der Waals surface area contributed by atoms with Gasteiger partial charge in [-0.05, 0) is 43.5 Å². The first-order valence-electron chi connectivity index (χ1n) is 10.7. The molecule has 4 rings (SSSR count). The van der Waals surface area contributed by atoms with Gasteiger partial charge in [-0.15, -0.1) is 0 Å². The van der Waals surface area contributed by atoms with Crippen molar-refractivity contribution in [2.45, 2.75) is 45.7 Å². The van der Waals surface area contributed by atoms with E-state index in [2.05, 4.69) is 22.4 Å². The highest BCUT2D eigenvalue weighted by Gasteiger charge is 2.49. The van der Waals surface area contributed by atoms with E-state index in [0.717, 1.165) is 23.3 Å². The van der Waals surface area contributed by atoms with E-state index in [9.17, 15) is 9.59 Å². The number of aryl methyl sites for hydroxylation is 1. The van der Waals surface area contributed by atoms with Crippen molar-refractivity contribution in [2.24, 2.45) is 0 Å². The topological polar surface area (TPSA) is 97.6 Å². The fourth-order valence-electron chi connectivity index (χ4n) is 3.83. The summed E-state index contributed by atoms with van der Waals surface area (Å²) < 4.78 is 11.0. The van der Waals surface area contributed by atoms with Gasteiger partial charge in [0.1, 0.15) is 17.8 Å². The molecule has 1 unspecified atom stereocenters. The maximum Gasteiger partial charge on any atom is 0.325 e. The van der Waals surface area contributed by atoms with E-state index >= 15 is 0 Å². The molecule has 32 heavy (non-hydrogen) atoms. The third-order valence-electron chi connectivity index (χ3n) is 5.53. The molecule has 1 aliphatic heterocycles. The number of amides is 3. The molecule has 1 aromatic heterocycles. The van der Waals surface area contributed by atoms with Gasteiger partial charge in [-0.1, -0.05) is 54.9 Å². The van der Waals surface area contributed by atoms with Crippen molar-refractivity contribution in [2.75, 3.05) is 6.61 Å². The molecule has 0 spiro atoms. The lowest BCUT2D eigenvalue weighted by atomic mass is 9.91. The van der Waals surface area contributed by atoms with Gasteiger partial charge in [0.15, 0.2) is 0 Å². The van der Waals surface area contributed by atoms with Crippen molar-refractivity contribution < 1.29 is 18.8 Å². The third kappa shape index (κ3) is 3.95. The number of aromatic nitrogens is 2. The molecule has 1 atom stereocenters. The van der Waals surface area contributed by atoms with Crippen LogP contribution in [0.1, 0.15) is 44.2 Å². The van der Waals surface area contributed by atoms with E-state index in [-0.39, 0.29) is 18.3 Å². The molecule has 0 radical (unpaired) electrons. The van der Waals surface area contributed by atoms with Crippen LogP contribution in [-0.4, -0.2) is 33.6 Å². The molecule has 0 bridgehead atoms. The second-order valence-electron chi connectivity index (χ2n) is 7.83. The standard InChI is InChI=1S/C24H26N4O4/c1-4-8-16-11-13-17(14-12-16)24(3)22(29)28(23(30)26-24)15-20-25-21(27-32-20)18-9-6-7-10-19(18)31-5-2/h6-7,9-14H,4-5,8,15H2,1-3H3,(H,26,30). The van der Waals surface area contributed by atoms with Gasteiger partial charge in [0.25, 0.3) is 5.91 Å². The molecular weight excluding hydrogens is 408 g/mol. The number of para-hydroxylation sites is 1. The number of hydrogen-bond acceptors (Lipinski definition) is 6. The highest BCUT2D eigenvalue weighted by molar-refractivity contribution is 6.07. The first-order chi connectivity index (χ1) is 15.5. The number of carbonyl (C=O) groups is 2. The smallest absolute Gasteiger partial charge is 0.325 e. The lowest BCUT2D eigenvalue weighted by Gasteiger charge is -2.22. The van der Waals surface area contributed by atoms with Crippen molar-refractivity contribution >= 4 is 11.9 Å². The molecule has 2 heterocycles. The lowest BCUT2D eigenvalue weighted by Crippen LogP contribution is -2.40. The SMILES string of the molecule is CCCc1ccc(C2(C)NC(=O)N(Cc3nc(-c4ccccc4OCC)no3)C2=O)cc1. The van der Waals surface area contributed by atoms with Gasteiger partial charge in [-0.3, -0.25) is 9.69 Å². The van der Waals surface area contributed by atoms with Crippen LogP contribution in [0.3, 0.4) is 0 Å². The molecule has 0 aliphatic carbocycles. The summed E-state index contributed by atoms with van der Waals surface area (Å²) in [5.74, 6) is 0.777. The summed E-state index contributed by atoms with van der Waals surface area (Å²) in [6, 6.07) is 14.6. The minimum atomic E-state index is -1.15. The summed E-state index contributed by atoms with van der Waals surface area (Å²) in [5, 5.41) is 6.82. The maximum absolute atomic E-state index is 13.2. The van der Waals surface area contributed by atoms with Gasteiger partial charge in [-0.2, -0.15) is 4.98 Å². The molecule has 2 aromatic carbocycles. The molecular formula is C24H26N4O4. The van der Waals surface area contributed by atoms with Gasteiger partial charge < -0.3 is 14.6 Å². The highest BCUT2D eigenvalue weighted by Crippen LogP contribution is 2.31. The number of nitrogens with one attached hydrogen (secondary N) is 1. The van der Waals surface area contributed by atoms with E-state index in [4.69, 9.17) is 9.26 Å². The number of benzene rings is 2. The van der Waals surface area contributed by atoms with E-state index in [1.807, 2.05) is 55.5 Å². The van der Waals surface area contributed by atoms with Crippen molar-refractivity contribution in [1.82, 2.24) is 20.4 Å². The van der Waals surface area contributed by atoms with Crippen molar-refractivity contribution in [3.63, 3.8) is 0 Å². The van der Waals surface area contributed by atoms with E-state index < -0.39 is 11.6 Å². The summed E-state index contributed by atoms with van der Waals surface area (Å²) in [4.78, 5) is 31.3. The Kier molecular flexibility index (Phi) is 5.94. The Balaban J connectivity index is 1.53. The number of ether oxygens (including phenoxy) is 1. The number of imide groups is 1. The normalized spacial score (nSPS) is 18.2. The largest absolute Gasteiger partial charge is 0.493 e. The Hall–Kier alpha value is -3.68. The average molecular weight is 434 g/mol. The van der Waals surface area contributed by atoms with Crippen molar-refractivity contribution in [1.29, 1.82) is 0 Å². The Bertz CT molecular complexity index is 1130. The van der Waals surface area contributed by atoms with Crippen LogP contribution >= 0.6 is 0 Å². The Labute approximate surface area is 186 Å². The van der Waals surface area contributed by atoms with E-state index in [1.165, 1.54) is 5.56 Å². The van der Waals surface area contributed by atoms with Crippen LogP contribution in [0.4, 0.5) is 4.79 Å². The Morgan fingerprint density at radius 2 is 1.84 bits per heavy atom. The predicted molar refractivity (Wildman–Crippen MR) is 118 cm³/mol. The predicted octanol–water partition coefficient (Wildman–Crippen LogP) is 4.06. The van der Waals surface area contributed by atoms with Crippen LogP contribution in [0.25, 0.3) is 11.4 Å². The average Bonchev–Trinajstić information content (AvgIpc) is 3.34. The molecule has 1 fully saturated rings. The molecule has 3 aromatic rings. The number of rotatable bonds is 8. The van der Waals surface area contributed by atoms with Crippen molar-refractivity contribution in [3.8, 4) is 17.1 Å². The van der Waals surface area contributed by atoms with E-state index in [0.29, 0.717) is 23.7 Å². The van der Waals surface area contributed by atoms with Gasteiger partial charge in [-0.25, -0.2) is 4.79 Å². The van der Waals surface area contributed by atoms with Crippen molar-refractivity contribution in [3.05, 3.63) is 65.5 Å². The Morgan fingerprint density at radius 3 is 2.56 bits per heavy atom. The van der Waals surface area contributed by atoms with Crippen LogP contribution in [0.2, 0.25) is 0 Å². The molecule has 1 N–H and O–H groups in total. The summed E-state index contributed by atoms with van der Waals surface area (Å²) >= 11 is 0. The molecule has 3 amide bonds. The van der Waals surface area contributed by atoms with Crippen LogP contribution < -0.4 is 10.1 Å². The van der Waals surface area contributed by atoms with Gasteiger partial charge in [0, 0.05) is 0 Å². The minimum absolute atomic E-state index is 0.113. The lowest BCUT2D eigenvalue weighted by molar-refractivity contribution is -0.131. The summed E-state index contributed by atoms with van der Waals surface area (Å²) in [5.41, 5.74) is 1.46. The van der Waals surface area contributed by atoms with Crippen LogP contribution in [0.5, 0.6) is 5.75 Å². The Morgan fingerprint density at radius 1 is 1.09 bits per heavy atom.